The van der Waals surface area contributed by atoms with Gasteiger partial charge in [0.2, 0.25) is 5.95 Å². The molecule has 2 heterocycles. The topological polar surface area (TPSA) is 81.1 Å². The molecule has 0 bridgehead atoms. The molecule has 0 amide bonds. The number of esters is 1. The quantitative estimate of drug-likeness (QED) is 0.404. The second kappa shape index (κ2) is 10.2. The molecule has 0 aliphatic heterocycles. The molecule has 32 heavy (non-hydrogen) atoms. The molecule has 4 rings (SSSR count). The van der Waals surface area contributed by atoms with Crippen LogP contribution in [0.1, 0.15) is 57.6 Å². The second-order valence-corrected chi connectivity index (χ2v) is 9.46. The first-order valence-electron chi connectivity index (χ1n) is 10.8. The van der Waals surface area contributed by atoms with Gasteiger partial charge >= 0.3 is 5.97 Å². The number of ether oxygens (including phenoxy) is 1. The molecule has 7 nitrogen and oxygen atoms in total. The Bertz CT molecular complexity index is 1100. The lowest BCUT2D eigenvalue weighted by Crippen LogP contribution is -2.21. The predicted molar refractivity (Wildman–Crippen MR) is 132 cm³/mol. The van der Waals surface area contributed by atoms with Gasteiger partial charge in [0.15, 0.2) is 5.11 Å². The highest BCUT2D eigenvalue weighted by molar-refractivity contribution is 7.80. The van der Waals surface area contributed by atoms with Gasteiger partial charge in [-0.15, -0.1) is 16.4 Å². The van der Waals surface area contributed by atoms with Gasteiger partial charge in [-0.2, -0.15) is 0 Å². The fraction of sp³-hybridized carbons (Fsp3) is 0.391. The Labute approximate surface area is 197 Å². The van der Waals surface area contributed by atoms with E-state index in [1.54, 1.807) is 22.3 Å². The minimum Gasteiger partial charge on any atom is -0.465 e. The minimum atomic E-state index is -0.325. The number of hydrogen-bond donors (Lipinski definition) is 2. The lowest BCUT2D eigenvalue weighted by molar-refractivity contribution is 0.0601. The van der Waals surface area contributed by atoms with Gasteiger partial charge in [-0.25, -0.2) is 14.5 Å². The molecular formula is C23H27N5O2S2. The van der Waals surface area contributed by atoms with Crippen molar-refractivity contribution < 1.29 is 9.53 Å². The smallest absolute Gasteiger partial charge is 0.341 e. The van der Waals surface area contributed by atoms with Crippen LogP contribution in [-0.4, -0.2) is 33.0 Å². The van der Waals surface area contributed by atoms with Crippen molar-refractivity contribution in [2.24, 2.45) is 0 Å². The van der Waals surface area contributed by atoms with Crippen molar-refractivity contribution in [3.63, 3.8) is 0 Å². The van der Waals surface area contributed by atoms with Crippen molar-refractivity contribution in [2.45, 2.75) is 52.0 Å². The normalized spacial score (nSPS) is 13.6. The Morgan fingerprint density at radius 2 is 1.91 bits per heavy atom. The van der Waals surface area contributed by atoms with Crippen LogP contribution in [0.25, 0.3) is 0 Å². The number of hydrogen-bond acceptors (Lipinski definition) is 6. The first-order chi connectivity index (χ1) is 15.5. The summed E-state index contributed by atoms with van der Waals surface area (Å²) < 4.78 is 6.83. The van der Waals surface area contributed by atoms with Crippen LogP contribution in [0.15, 0.2) is 30.6 Å². The number of rotatable bonds is 5. The molecule has 0 atom stereocenters. The van der Waals surface area contributed by atoms with E-state index in [2.05, 4.69) is 51.9 Å². The summed E-state index contributed by atoms with van der Waals surface area (Å²) in [6.45, 7) is 2.69. The van der Waals surface area contributed by atoms with E-state index in [1.807, 2.05) is 0 Å². The number of anilines is 2. The summed E-state index contributed by atoms with van der Waals surface area (Å²) in [5.74, 6) is 0.0815. The summed E-state index contributed by atoms with van der Waals surface area (Å²) in [5, 5.41) is 11.7. The number of fused-ring (bicyclic) bond motifs is 1. The summed E-state index contributed by atoms with van der Waals surface area (Å²) >= 11 is 7.08. The van der Waals surface area contributed by atoms with Crippen molar-refractivity contribution in [1.82, 2.24) is 14.8 Å². The SMILES string of the molecule is COC(=O)c1c(NC(=S)Nc2ncn(Cc3ccc(C)cc3)n2)sc2c1CCCCCC2. The molecule has 0 radical (unpaired) electrons. The number of thiophene rings is 1. The molecule has 2 aromatic heterocycles. The molecule has 168 valence electrons. The second-order valence-electron chi connectivity index (χ2n) is 7.94. The number of nitrogens with zero attached hydrogens (tertiary/aromatic N) is 3. The van der Waals surface area contributed by atoms with Crippen LogP contribution in [0, 0.1) is 6.92 Å². The van der Waals surface area contributed by atoms with Crippen molar-refractivity contribution >= 4 is 45.6 Å². The molecule has 9 heteroatoms. The molecule has 0 saturated carbocycles. The van der Waals surface area contributed by atoms with Crippen molar-refractivity contribution in [3.05, 3.63) is 57.7 Å². The fourth-order valence-electron chi connectivity index (χ4n) is 3.87. The molecule has 0 unspecified atom stereocenters. The number of carbonyl (C=O) groups excluding carboxylic acids is 1. The van der Waals surface area contributed by atoms with Crippen molar-refractivity contribution in [2.75, 3.05) is 17.7 Å². The van der Waals surface area contributed by atoms with E-state index in [4.69, 9.17) is 17.0 Å². The van der Waals surface area contributed by atoms with E-state index in [0.29, 0.717) is 23.2 Å². The van der Waals surface area contributed by atoms with Gasteiger partial charge in [-0.05, 0) is 56.0 Å². The molecular weight excluding hydrogens is 442 g/mol. The summed E-state index contributed by atoms with van der Waals surface area (Å²) in [4.78, 5) is 18.1. The average molecular weight is 470 g/mol. The maximum absolute atomic E-state index is 12.6. The summed E-state index contributed by atoms with van der Waals surface area (Å²) in [5.41, 5.74) is 4.08. The van der Waals surface area contributed by atoms with Crippen LogP contribution in [-0.2, 0) is 24.1 Å². The third-order valence-corrected chi connectivity index (χ3v) is 6.93. The number of methoxy groups -OCH3 is 1. The summed E-state index contributed by atoms with van der Waals surface area (Å²) in [6, 6.07) is 8.31. The fourth-order valence-corrected chi connectivity index (χ4v) is 5.41. The standard InChI is InChI=1S/C23H27N5O2S2/c1-15-9-11-16(12-10-15)13-28-14-24-22(27-28)26-23(31)25-20-19(21(29)30-2)17-7-5-3-4-6-8-18(17)32-20/h9-12,14H,3-8,13H2,1-2H3,(H2,25,26,27,31). The maximum Gasteiger partial charge on any atom is 0.341 e. The van der Waals surface area contributed by atoms with Crippen LogP contribution >= 0.6 is 23.6 Å². The van der Waals surface area contributed by atoms with Crippen LogP contribution < -0.4 is 10.6 Å². The zero-order valence-electron chi connectivity index (χ0n) is 18.3. The van der Waals surface area contributed by atoms with Crippen LogP contribution in [0.2, 0.25) is 0 Å². The first kappa shape index (κ1) is 22.4. The van der Waals surface area contributed by atoms with E-state index in [9.17, 15) is 4.79 Å². The van der Waals surface area contributed by atoms with Gasteiger partial charge in [0, 0.05) is 4.88 Å². The minimum absolute atomic E-state index is 0.325. The molecule has 1 aromatic carbocycles. The summed E-state index contributed by atoms with van der Waals surface area (Å²) in [6.07, 6.45) is 8.18. The molecule has 0 fully saturated rings. The Morgan fingerprint density at radius 1 is 1.16 bits per heavy atom. The Morgan fingerprint density at radius 3 is 2.66 bits per heavy atom. The number of aromatic nitrogens is 3. The van der Waals surface area contributed by atoms with E-state index in [0.717, 1.165) is 41.8 Å². The highest BCUT2D eigenvalue weighted by atomic mass is 32.1. The Balaban J connectivity index is 1.46. The van der Waals surface area contributed by atoms with Crippen LogP contribution in [0.4, 0.5) is 10.9 Å². The number of nitrogens with one attached hydrogen (secondary N) is 2. The highest BCUT2D eigenvalue weighted by Gasteiger charge is 2.25. The van der Waals surface area contributed by atoms with Crippen molar-refractivity contribution in [3.8, 4) is 0 Å². The monoisotopic (exact) mass is 469 g/mol. The maximum atomic E-state index is 12.6. The van der Waals surface area contributed by atoms with Gasteiger partial charge in [-0.3, -0.25) is 5.32 Å². The third kappa shape index (κ3) is 5.34. The summed E-state index contributed by atoms with van der Waals surface area (Å²) in [7, 11) is 1.42. The Hall–Kier alpha value is -2.78. The van der Waals surface area contributed by atoms with Gasteiger partial charge < -0.3 is 10.1 Å². The van der Waals surface area contributed by atoms with Gasteiger partial charge in [0.05, 0.1) is 19.2 Å². The third-order valence-electron chi connectivity index (χ3n) is 5.51. The molecule has 0 saturated heterocycles. The number of aryl methyl sites for hydroxylation is 2. The lowest BCUT2D eigenvalue weighted by Gasteiger charge is -2.11. The first-order valence-corrected chi connectivity index (χ1v) is 12.0. The molecule has 0 spiro atoms. The predicted octanol–water partition coefficient (Wildman–Crippen LogP) is 4.95. The lowest BCUT2D eigenvalue weighted by atomic mass is 9.96. The highest BCUT2D eigenvalue weighted by Crippen LogP contribution is 2.37. The zero-order chi connectivity index (χ0) is 22.5. The average Bonchev–Trinajstić information content (AvgIpc) is 3.33. The largest absolute Gasteiger partial charge is 0.465 e. The molecule has 3 aromatic rings. The number of carbonyl (C=O) groups is 1. The molecule has 1 aliphatic carbocycles. The molecule has 2 N–H and O–H groups in total. The van der Waals surface area contributed by atoms with Crippen LogP contribution in [0.3, 0.4) is 0 Å². The van der Waals surface area contributed by atoms with Gasteiger partial charge in [0.1, 0.15) is 11.3 Å². The van der Waals surface area contributed by atoms with E-state index in [-0.39, 0.29) is 5.97 Å². The van der Waals surface area contributed by atoms with E-state index < -0.39 is 0 Å². The van der Waals surface area contributed by atoms with Gasteiger partial charge in [0.25, 0.3) is 0 Å². The van der Waals surface area contributed by atoms with Crippen LogP contribution in [0.5, 0.6) is 0 Å². The number of thiocarbonyl (C=S) groups is 1. The van der Waals surface area contributed by atoms with Crippen molar-refractivity contribution in [1.29, 1.82) is 0 Å². The molecule has 1 aliphatic rings. The van der Waals surface area contributed by atoms with E-state index in [1.165, 1.54) is 30.4 Å². The zero-order valence-corrected chi connectivity index (χ0v) is 19.9. The Kier molecular flexibility index (Phi) is 7.16. The van der Waals surface area contributed by atoms with Gasteiger partial charge in [-0.1, -0.05) is 42.7 Å². The van der Waals surface area contributed by atoms with E-state index >= 15 is 0 Å². The number of benzene rings is 1.